The third-order valence-electron chi connectivity index (χ3n) is 3.94. The first-order chi connectivity index (χ1) is 9.60. The van der Waals surface area contributed by atoms with Crippen LogP contribution in [0.25, 0.3) is 10.9 Å². The Balaban J connectivity index is 1.75. The van der Waals surface area contributed by atoms with Crippen molar-refractivity contribution < 1.29 is 14.6 Å². The SMILES string of the molecule is CC1OCCC1(O)CNC(=O)c1cccc2cn[nH]c12. The zero-order valence-electron chi connectivity index (χ0n) is 11.2. The van der Waals surface area contributed by atoms with Crippen LogP contribution in [-0.4, -0.2) is 46.1 Å². The highest BCUT2D eigenvalue weighted by atomic mass is 16.5. The number of fused-ring (bicyclic) bond motifs is 1. The number of benzene rings is 1. The van der Waals surface area contributed by atoms with Crippen LogP contribution >= 0.6 is 0 Å². The minimum Gasteiger partial charge on any atom is -0.385 e. The number of nitrogens with zero attached hydrogens (tertiary/aromatic N) is 1. The number of hydrogen-bond acceptors (Lipinski definition) is 4. The molecule has 2 aromatic rings. The van der Waals surface area contributed by atoms with E-state index in [1.165, 1.54) is 0 Å². The maximum atomic E-state index is 12.3. The van der Waals surface area contributed by atoms with Crippen LogP contribution < -0.4 is 5.32 Å². The summed E-state index contributed by atoms with van der Waals surface area (Å²) in [6, 6.07) is 5.42. The van der Waals surface area contributed by atoms with Crippen molar-refractivity contribution in [3.05, 3.63) is 30.0 Å². The number of rotatable bonds is 3. The van der Waals surface area contributed by atoms with Gasteiger partial charge in [-0.25, -0.2) is 0 Å². The Kier molecular flexibility index (Phi) is 3.19. The Labute approximate surface area is 116 Å². The number of hydrogen-bond donors (Lipinski definition) is 3. The second kappa shape index (κ2) is 4.88. The molecule has 3 N–H and O–H groups in total. The van der Waals surface area contributed by atoms with Crippen LogP contribution in [-0.2, 0) is 4.74 Å². The molecule has 106 valence electrons. The predicted octanol–water partition coefficient (Wildman–Crippen LogP) is 0.833. The van der Waals surface area contributed by atoms with Crippen LogP contribution in [0.5, 0.6) is 0 Å². The van der Waals surface area contributed by atoms with Gasteiger partial charge in [-0.05, 0) is 13.0 Å². The van der Waals surface area contributed by atoms with Gasteiger partial charge in [-0.1, -0.05) is 12.1 Å². The molecule has 1 aromatic carbocycles. The van der Waals surface area contributed by atoms with Gasteiger partial charge in [0.15, 0.2) is 0 Å². The average Bonchev–Trinajstić information content (AvgIpc) is 3.04. The molecule has 6 heteroatoms. The number of carbonyl (C=O) groups excluding carboxylic acids is 1. The first-order valence-corrected chi connectivity index (χ1v) is 6.64. The van der Waals surface area contributed by atoms with Gasteiger partial charge in [0.2, 0.25) is 0 Å². The van der Waals surface area contributed by atoms with E-state index in [0.29, 0.717) is 24.1 Å². The standard InChI is InChI=1S/C14H17N3O3/c1-9-14(19,5-6-20-9)8-15-13(18)11-4-2-3-10-7-16-17-12(10)11/h2-4,7,9,19H,5-6,8H2,1H3,(H,15,18)(H,16,17). The molecule has 1 saturated heterocycles. The number of para-hydroxylation sites is 1. The highest BCUT2D eigenvalue weighted by Gasteiger charge is 2.39. The van der Waals surface area contributed by atoms with Gasteiger partial charge >= 0.3 is 0 Å². The average molecular weight is 275 g/mol. The van der Waals surface area contributed by atoms with Gasteiger partial charge in [-0.2, -0.15) is 5.10 Å². The van der Waals surface area contributed by atoms with E-state index in [1.54, 1.807) is 12.3 Å². The Bertz CT molecular complexity index is 639. The van der Waals surface area contributed by atoms with Crippen molar-refractivity contribution in [2.24, 2.45) is 0 Å². The Hall–Kier alpha value is -1.92. The van der Waals surface area contributed by atoms with E-state index in [-0.39, 0.29) is 18.6 Å². The lowest BCUT2D eigenvalue weighted by Gasteiger charge is -2.26. The zero-order chi connectivity index (χ0) is 14.2. The third kappa shape index (κ3) is 2.17. The predicted molar refractivity (Wildman–Crippen MR) is 73.4 cm³/mol. The summed E-state index contributed by atoms with van der Waals surface area (Å²) in [6.07, 6.45) is 1.93. The van der Waals surface area contributed by atoms with E-state index in [4.69, 9.17) is 4.74 Å². The van der Waals surface area contributed by atoms with E-state index < -0.39 is 5.60 Å². The molecule has 2 heterocycles. The fourth-order valence-electron chi connectivity index (χ4n) is 2.49. The minimum atomic E-state index is -0.989. The van der Waals surface area contributed by atoms with Gasteiger partial charge in [-0.15, -0.1) is 0 Å². The molecule has 1 amide bonds. The molecule has 2 atom stereocenters. The first kappa shape index (κ1) is 13.1. The molecule has 0 radical (unpaired) electrons. The summed E-state index contributed by atoms with van der Waals surface area (Å²) in [4.78, 5) is 12.3. The summed E-state index contributed by atoms with van der Waals surface area (Å²) >= 11 is 0. The van der Waals surface area contributed by atoms with Crippen molar-refractivity contribution in [3.8, 4) is 0 Å². The van der Waals surface area contributed by atoms with Gasteiger partial charge in [0.1, 0.15) is 5.60 Å². The van der Waals surface area contributed by atoms with Crippen molar-refractivity contribution in [1.82, 2.24) is 15.5 Å². The zero-order valence-corrected chi connectivity index (χ0v) is 11.2. The highest BCUT2D eigenvalue weighted by molar-refractivity contribution is 6.05. The monoisotopic (exact) mass is 275 g/mol. The van der Waals surface area contributed by atoms with E-state index in [9.17, 15) is 9.90 Å². The lowest BCUT2D eigenvalue weighted by atomic mass is 9.96. The Morgan fingerprint density at radius 3 is 3.25 bits per heavy atom. The van der Waals surface area contributed by atoms with Crippen molar-refractivity contribution in [3.63, 3.8) is 0 Å². The number of aromatic nitrogens is 2. The van der Waals surface area contributed by atoms with Crippen LogP contribution in [0.2, 0.25) is 0 Å². The molecule has 1 aliphatic heterocycles. The van der Waals surface area contributed by atoms with Crippen molar-refractivity contribution in [1.29, 1.82) is 0 Å². The Morgan fingerprint density at radius 2 is 2.50 bits per heavy atom. The molecule has 1 aromatic heterocycles. The maximum Gasteiger partial charge on any atom is 0.253 e. The molecule has 1 aliphatic rings. The van der Waals surface area contributed by atoms with Crippen LogP contribution in [0.4, 0.5) is 0 Å². The molecule has 2 unspecified atom stereocenters. The van der Waals surface area contributed by atoms with Gasteiger partial charge < -0.3 is 15.2 Å². The molecule has 0 bridgehead atoms. The lowest BCUT2D eigenvalue weighted by molar-refractivity contribution is -0.0251. The fourth-order valence-corrected chi connectivity index (χ4v) is 2.49. The largest absolute Gasteiger partial charge is 0.385 e. The fraction of sp³-hybridized carbons (Fsp3) is 0.429. The molecule has 20 heavy (non-hydrogen) atoms. The van der Waals surface area contributed by atoms with E-state index in [0.717, 1.165) is 5.39 Å². The van der Waals surface area contributed by atoms with Crippen LogP contribution in [0.3, 0.4) is 0 Å². The van der Waals surface area contributed by atoms with Gasteiger partial charge in [-0.3, -0.25) is 9.89 Å². The summed E-state index contributed by atoms with van der Waals surface area (Å²) in [6.45, 7) is 2.51. The number of amides is 1. The van der Waals surface area contributed by atoms with E-state index in [1.807, 2.05) is 19.1 Å². The number of aliphatic hydroxyl groups is 1. The number of nitrogens with one attached hydrogen (secondary N) is 2. The van der Waals surface area contributed by atoms with Gasteiger partial charge in [0.25, 0.3) is 5.91 Å². The third-order valence-corrected chi connectivity index (χ3v) is 3.94. The topological polar surface area (TPSA) is 87.2 Å². The van der Waals surface area contributed by atoms with Crippen LogP contribution in [0, 0.1) is 0 Å². The molecule has 0 spiro atoms. The molecular weight excluding hydrogens is 258 g/mol. The number of ether oxygens (including phenoxy) is 1. The number of carbonyl (C=O) groups is 1. The minimum absolute atomic E-state index is 0.178. The van der Waals surface area contributed by atoms with Crippen LogP contribution in [0.15, 0.2) is 24.4 Å². The summed E-state index contributed by atoms with van der Waals surface area (Å²) in [5.41, 5.74) is 0.236. The lowest BCUT2D eigenvalue weighted by Crippen LogP contribution is -2.47. The highest BCUT2D eigenvalue weighted by Crippen LogP contribution is 2.25. The second-order valence-electron chi connectivity index (χ2n) is 5.19. The second-order valence-corrected chi connectivity index (χ2v) is 5.19. The van der Waals surface area contributed by atoms with Gasteiger partial charge in [0.05, 0.1) is 23.4 Å². The van der Waals surface area contributed by atoms with E-state index >= 15 is 0 Å². The summed E-state index contributed by atoms with van der Waals surface area (Å²) in [5.74, 6) is -0.229. The van der Waals surface area contributed by atoms with E-state index in [2.05, 4.69) is 15.5 Å². The molecular formula is C14H17N3O3. The molecule has 0 aliphatic carbocycles. The molecule has 6 nitrogen and oxygen atoms in total. The van der Waals surface area contributed by atoms with Crippen LogP contribution in [0.1, 0.15) is 23.7 Å². The first-order valence-electron chi connectivity index (χ1n) is 6.64. The smallest absolute Gasteiger partial charge is 0.253 e. The maximum absolute atomic E-state index is 12.3. The number of H-pyrrole nitrogens is 1. The Morgan fingerprint density at radius 1 is 1.65 bits per heavy atom. The van der Waals surface area contributed by atoms with Crippen molar-refractivity contribution in [2.45, 2.75) is 25.0 Å². The molecule has 1 fully saturated rings. The quantitative estimate of drug-likeness (QED) is 0.774. The molecule has 0 saturated carbocycles. The summed E-state index contributed by atoms with van der Waals surface area (Å²) in [5, 5.41) is 20.8. The summed E-state index contributed by atoms with van der Waals surface area (Å²) in [7, 11) is 0. The van der Waals surface area contributed by atoms with Crippen molar-refractivity contribution >= 4 is 16.8 Å². The summed E-state index contributed by atoms with van der Waals surface area (Å²) < 4.78 is 5.35. The normalized spacial score (nSPS) is 26.0. The van der Waals surface area contributed by atoms with Gasteiger partial charge in [0, 0.05) is 25.0 Å². The van der Waals surface area contributed by atoms with Crippen molar-refractivity contribution in [2.75, 3.05) is 13.2 Å². The number of aromatic amines is 1. The molecule has 3 rings (SSSR count).